The summed E-state index contributed by atoms with van der Waals surface area (Å²) in [6.45, 7) is 3.80. The predicted molar refractivity (Wildman–Crippen MR) is 143 cm³/mol. The Morgan fingerprint density at radius 2 is 1.51 bits per heavy atom. The van der Waals surface area contributed by atoms with Crippen LogP contribution in [-0.4, -0.2) is 78.2 Å². The molecule has 10 nitrogen and oxygen atoms in total. The molecule has 4 aliphatic heterocycles. The number of urea groups is 1. The molecule has 3 fully saturated rings. The van der Waals surface area contributed by atoms with Crippen molar-refractivity contribution in [2.24, 2.45) is 5.92 Å². The second kappa shape index (κ2) is 10.2. The molecule has 4 heterocycles. The summed E-state index contributed by atoms with van der Waals surface area (Å²) in [6, 6.07) is 14.1. The van der Waals surface area contributed by atoms with Gasteiger partial charge in [-0.25, -0.2) is 4.79 Å². The predicted octanol–water partition coefficient (Wildman–Crippen LogP) is 2.64. The molecule has 6 rings (SSSR count). The zero-order valence-electron chi connectivity index (χ0n) is 21.7. The third-order valence-electron chi connectivity index (χ3n) is 8.26. The molecule has 1 unspecified atom stereocenters. The molecule has 0 radical (unpaired) electrons. The number of piperidine rings is 2. The van der Waals surface area contributed by atoms with Gasteiger partial charge in [0.1, 0.15) is 6.04 Å². The largest absolute Gasteiger partial charge is 0.371 e. The molecule has 0 spiro atoms. The minimum absolute atomic E-state index is 0.0669. The van der Waals surface area contributed by atoms with E-state index < -0.39 is 29.7 Å². The van der Waals surface area contributed by atoms with E-state index in [1.807, 2.05) is 46.2 Å². The monoisotopic (exact) mass is 529 g/mol. The lowest BCUT2D eigenvalue weighted by Gasteiger charge is -2.40. The molecular weight excluding hydrogens is 498 g/mol. The third kappa shape index (κ3) is 4.64. The number of nitrogens with one attached hydrogen (secondary N) is 1. The van der Waals surface area contributed by atoms with Crippen LogP contribution in [-0.2, 0) is 9.59 Å². The zero-order valence-corrected chi connectivity index (χ0v) is 21.7. The average molecular weight is 530 g/mol. The SMILES string of the molecule is O=C1CCC(N2C(=O)c3ccc(N4CCC(CN5CCCN(c6ccccc6)C5=O)CC4)cc3C2=O)C(=O)N1. The van der Waals surface area contributed by atoms with Crippen molar-refractivity contribution in [1.29, 1.82) is 0 Å². The molecule has 2 aromatic carbocycles. The van der Waals surface area contributed by atoms with Crippen molar-refractivity contribution in [3.8, 4) is 0 Å². The number of amides is 6. The highest BCUT2D eigenvalue weighted by Crippen LogP contribution is 2.32. The molecule has 0 saturated carbocycles. The first-order valence-electron chi connectivity index (χ1n) is 13.6. The number of carbonyl (C=O) groups is 5. The molecule has 0 aliphatic carbocycles. The number of nitrogens with zero attached hydrogens (tertiary/aromatic N) is 4. The molecule has 39 heavy (non-hydrogen) atoms. The number of para-hydroxylation sites is 1. The van der Waals surface area contributed by atoms with E-state index in [0.29, 0.717) is 11.5 Å². The van der Waals surface area contributed by atoms with Crippen molar-refractivity contribution in [2.45, 2.75) is 38.1 Å². The first kappa shape index (κ1) is 25.1. The molecular formula is C29H31N5O5. The van der Waals surface area contributed by atoms with Crippen LogP contribution in [0.25, 0.3) is 0 Å². The summed E-state index contributed by atoms with van der Waals surface area (Å²) in [4.78, 5) is 70.2. The number of carbonyl (C=O) groups excluding carboxylic acids is 5. The molecule has 0 bridgehead atoms. The Hall–Kier alpha value is -4.21. The number of imide groups is 2. The highest BCUT2D eigenvalue weighted by atomic mass is 16.2. The van der Waals surface area contributed by atoms with Gasteiger partial charge in [0.25, 0.3) is 11.8 Å². The summed E-state index contributed by atoms with van der Waals surface area (Å²) in [5.74, 6) is -1.60. The van der Waals surface area contributed by atoms with Crippen LogP contribution in [0.15, 0.2) is 48.5 Å². The van der Waals surface area contributed by atoms with Gasteiger partial charge in [-0.1, -0.05) is 18.2 Å². The van der Waals surface area contributed by atoms with Crippen LogP contribution in [0.2, 0.25) is 0 Å². The molecule has 10 heteroatoms. The van der Waals surface area contributed by atoms with E-state index in [2.05, 4.69) is 10.2 Å². The van der Waals surface area contributed by atoms with E-state index in [-0.39, 0.29) is 24.4 Å². The van der Waals surface area contributed by atoms with Gasteiger partial charge in [0.15, 0.2) is 0 Å². The van der Waals surface area contributed by atoms with Crippen LogP contribution in [0.5, 0.6) is 0 Å². The van der Waals surface area contributed by atoms with E-state index in [1.165, 1.54) is 0 Å². The van der Waals surface area contributed by atoms with Crippen molar-refractivity contribution in [1.82, 2.24) is 15.1 Å². The van der Waals surface area contributed by atoms with Crippen LogP contribution < -0.4 is 15.1 Å². The molecule has 6 amide bonds. The second-order valence-corrected chi connectivity index (χ2v) is 10.7. The maximum absolute atomic E-state index is 13.2. The van der Waals surface area contributed by atoms with E-state index >= 15 is 0 Å². The number of rotatable bonds is 5. The van der Waals surface area contributed by atoms with Crippen molar-refractivity contribution < 1.29 is 24.0 Å². The Bertz CT molecular complexity index is 1340. The van der Waals surface area contributed by atoms with Crippen LogP contribution >= 0.6 is 0 Å². The lowest BCUT2D eigenvalue weighted by atomic mass is 9.95. The van der Waals surface area contributed by atoms with Crippen LogP contribution in [0, 0.1) is 5.92 Å². The fraction of sp³-hybridized carbons (Fsp3) is 0.414. The van der Waals surface area contributed by atoms with Crippen LogP contribution in [0.3, 0.4) is 0 Å². The molecule has 3 saturated heterocycles. The summed E-state index contributed by atoms with van der Waals surface area (Å²) in [6.07, 6.45) is 3.01. The van der Waals surface area contributed by atoms with Crippen molar-refractivity contribution in [2.75, 3.05) is 42.5 Å². The standard InChI is InChI=1S/C29H31N5O5/c35-25-10-9-24(26(36)30-25)34-27(37)22-8-7-21(17-23(22)28(34)38)31-15-11-19(12-16-31)18-32-13-4-14-33(29(32)39)20-5-2-1-3-6-20/h1-3,5-8,17,19,24H,4,9-16,18H2,(H,30,35,36). The topological polar surface area (TPSA) is 110 Å². The maximum Gasteiger partial charge on any atom is 0.324 e. The number of anilines is 2. The molecule has 4 aliphatic rings. The van der Waals surface area contributed by atoms with Crippen molar-refractivity contribution in [3.63, 3.8) is 0 Å². The second-order valence-electron chi connectivity index (χ2n) is 10.7. The molecule has 1 N–H and O–H groups in total. The number of benzene rings is 2. The minimum atomic E-state index is -0.968. The van der Waals surface area contributed by atoms with E-state index in [4.69, 9.17) is 0 Å². The number of hydrogen-bond donors (Lipinski definition) is 1. The lowest BCUT2D eigenvalue weighted by molar-refractivity contribution is -0.136. The van der Waals surface area contributed by atoms with Gasteiger partial charge in [0.2, 0.25) is 11.8 Å². The third-order valence-corrected chi connectivity index (χ3v) is 8.26. The fourth-order valence-corrected chi connectivity index (χ4v) is 6.14. The van der Waals surface area contributed by atoms with Gasteiger partial charge >= 0.3 is 6.03 Å². The van der Waals surface area contributed by atoms with Crippen LogP contribution in [0.4, 0.5) is 16.2 Å². The first-order chi connectivity index (χ1) is 18.9. The molecule has 0 aromatic heterocycles. The van der Waals surface area contributed by atoms with E-state index in [1.54, 1.807) is 12.1 Å². The van der Waals surface area contributed by atoms with Gasteiger partial charge in [-0.15, -0.1) is 0 Å². The van der Waals surface area contributed by atoms with Gasteiger partial charge in [-0.3, -0.25) is 34.3 Å². The van der Waals surface area contributed by atoms with Gasteiger partial charge in [0, 0.05) is 50.5 Å². The Balaban J connectivity index is 1.08. The Morgan fingerprint density at radius 1 is 0.769 bits per heavy atom. The summed E-state index contributed by atoms with van der Waals surface area (Å²) in [5, 5.41) is 2.22. The Kier molecular flexibility index (Phi) is 6.54. The maximum atomic E-state index is 13.2. The minimum Gasteiger partial charge on any atom is -0.371 e. The van der Waals surface area contributed by atoms with Gasteiger partial charge in [-0.05, 0) is 61.9 Å². The highest BCUT2D eigenvalue weighted by molar-refractivity contribution is 6.23. The molecule has 2 aromatic rings. The smallest absolute Gasteiger partial charge is 0.324 e. The number of hydrogen-bond acceptors (Lipinski definition) is 6. The normalized spacial score (nSPS) is 22.5. The Labute approximate surface area is 226 Å². The van der Waals surface area contributed by atoms with Crippen molar-refractivity contribution in [3.05, 3.63) is 59.7 Å². The molecule has 1 atom stereocenters. The van der Waals surface area contributed by atoms with E-state index in [0.717, 1.165) is 68.3 Å². The Morgan fingerprint density at radius 3 is 2.26 bits per heavy atom. The molecule has 202 valence electrons. The van der Waals surface area contributed by atoms with Crippen LogP contribution in [0.1, 0.15) is 52.8 Å². The zero-order chi connectivity index (χ0) is 27.1. The highest BCUT2D eigenvalue weighted by Gasteiger charge is 2.44. The van der Waals surface area contributed by atoms with Crippen molar-refractivity contribution >= 4 is 41.0 Å². The van der Waals surface area contributed by atoms with E-state index in [9.17, 15) is 24.0 Å². The summed E-state index contributed by atoms with van der Waals surface area (Å²) in [5.41, 5.74) is 2.38. The lowest BCUT2D eigenvalue weighted by Crippen LogP contribution is -2.54. The summed E-state index contributed by atoms with van der Waals surface area (Å²) in [7, 11) is 0. The van der Waals surface area contributed by atoms with Gasteiger partial charge in [0.05, 0.1) is 11.1 Å². The number of fused-ring (bicyclic) bond motifs is 1. The fourth-order valence-electron chi connectivity index (χ4n) is 6.14. The van der Waals surface area contributed by atoms with Gasteiger partial charge in [-0.2, -0.15) is 0 Å². The average Bonchev–Trinajstić information content (AvgIpc) is 3.20. The quantitative estimate of drug-likeness (QED) is 0.597. The summed E-state index contributed by atoms with van der Waals surface area (Å²) >= 11 is 0. The first-order valence-corrected chi connectivity index (χ1v) is 13.6. The summed E-state index contributed by atoms with van der Waals surface area (Å²) < 4.78 is 0. The van der Waals surface area contributed by atoms with Gasteiger partial charge < -0.3 is 9.80 Å².